The van der Waals surface area contributed by atoms with Gasteiger partial charge in [-0.2, -0.15) is 0 Å². The maximum absolute atomic E-state index is 11.6. The number of urea groups is 1. The Hall–Kier alpha value is -1.26. The first-order valence-corrected chi connectivity index (χ1v) is 5.76. The minimum atomic E-state index is -0.745. The summed E-state index contributed by atoms with van der Waals surface area (Å²) in [7, 11) is 0. The number of likely N-dealkylation sites (tertiary alicyclic amines) is 1. The van der Waals surface area contributed by atoms with Crippen LogP contribution in [0.3, 0.4) is 0 Å². The average molecular weight is 228 g/mol. The van der Waals surface area contributed by atoms with E-state index in [4.69, 9.17) is 5.11 Å². The fraction of sp³-hybridized carbons (Fsp3) is 0.818. The molecule has 0 saturated carbocycles. The molecule has 1 heterocycles. The van der Waals surface area contributed by atoms with Crippen molar-refractivity contribution in [3.05, 3.63) is 0 Å². The molecule has 0 spiro atoms. The molecule has 0 radical (unpaired) electrons. The van der Waals surface area contributed by atoms with Crippen LogP contribution in [0.5, 0.6) is 0 Å². The Morgan fingerprint density at radius 3 is 2.38 bits per heavy atom. The molecule has 1 aliphatic rings. The first-order valence-electron chi connectivity index (χ1n) is 5.76. The van der Waals surface area contributed by atoms with Crippen molar-refractivity contribution >= 4 is 12.0 Å². The summed E-state index contributed by atoms with van der Waals surface area (Å²) >= 11 is 0. The van der Waals surface area contributed by atoms with E-state index in [-0.39, 0.29) is 24.4 Å². The van der Waals surface area contributed by atoms with Crippen LogP contribution in [0.4, 0.5) is 4.79 Å². The monoisotopic (exact) mass is 228 g/mol. The molecule has 2 N–H and O–H groups in total. The molecule has 0 atom stereocenters. The number of rotatable bonds is 3. The zero-order valence-corrected chi connectivity index (χ0v) is 9.90. The SMILES string of the molecule is CC(C)NC(=O)N1CCC(CC(=O)O)CC1. The zero-order chi connectivity index (χ0) is 12.1. The number of carboxylic acid groups (broad SMARTS) is 1. The van der Waals surface area contributed by atoms with E-state index in [0.29, 0.717) is 13.1 Å². The number of hydrogen-bond donors (Lipinski definition) is 2. The van der Waals surface area contributed by atoms with Crippen molar-refractivity contribution in [1.82, 2.24) is 10.2 Å². The Balaban J connectivity index is 2.31. The molecule has 0 bridgehead atoms. The van der Waals surface area contributed by atoms with E-state index in [1.807, 2.05) is 13.8 Å². The van der Waals surface area contributed by atoms with Crippen LogP contribution < -0.4 is 5.32 Å². The summed E-state index contributed by atoms with van der Waals surface area (Å²) in [4.78, 5) is 23.9. The van der Waals surface area contributed by atoms with Crippen molar-refractivity contribution in [2.45, 2.75) is 39.2 Å². The van der Waals surface area contributed by atoms with Gasteiger partial charge in [0.2, 0.25) is 0 Å². The summed E-state index contributed by atoms with van der Waals surface area (Å²) in [5.74, 6) is -0.523. The van der Waals surface area contributed by atoms with Gasteiger partial charge in [-0.05, 0) is 32.6 Å². The molecule has 1 fully saturated rings. The molecule has 5 heteroatoms. The molecule has 16 heavy (non-hydrogen) atoms. The van der Waals surface area contributed by atoms with Gasteiger partial charge in [-0.3, -0.25) is 4.79 Å². The number of carbonyl (C=O) groups is 2. The minimum absolute atomic E-state index is 0.0382. The molecule has 0 unspecified atom stereocenters. The number of nitrogens with zero attached hydrogens (tertiary/aromatic N) is 1. The second kappa shape index (κ2) is 5.72. The van der Waals surface area contributed by atoms with Gasteiger partial charge < -0.3 is 15.3 Å². The summed E-state index contributed by atoms with van der Waals surface area (Å²) in [5, 5.41) is 11.5. The average Bonchev–Trinajstić information content (AvgIpc) is 2.16. The maximum Gasteiger partial charge on any atom is 0.317 e. The van der Waals surface area contributed by atoms with E-state index in [1.165, 1.54) is 0 Å². The number of carbonyl (C=O) groups excluding carboxylic acids is 1. The molecule has 1 saturated heterocycles. The first kappa shape index (κ1) is 12.8. The van der Waals surface area contributed by atoms with Crippen molar-refractivity contribution < 1.29 is 14.7 Å². The predicted octanol–water partition coefficient (Wildman–Crippen LogP) is 1.29. The number of hydrogen-bond acceptors (Lipinski definition) is 2. The van der Waals surface area contributed by atoms with Crippen LogP contribution in [-0.4, -0.2) is 41.1 Å². The van der Waals surface area contributed by atoms with Crippen LogP contribution in [-0.2, 0) is 4.79 Å². The fourth-order valence-corrected chi connectivity index (χ4v) is 1.93. The molecule has 92 valence electrons. The molecular weight excluding hydrogens is 208 g/mol. The lowest BCUT2D eigenvalue weighted by Gasteiger charge is -2.31. The van der Waals surface area contributed by atoms with Crippen molar-refractivity contribution in [2.24, 2.45) is 5.92 Å². The lowest BCUT2D eigenvalue weighted by atomic mass is 9.94. The summed E-state index contributed by atoms with van der Waals surface area (Å²) in [5.41, 5.74) is 0. The van der Waals surface area contributed by atoms with Gasteiger partial charge in [-0.25, -0.2) is 4.79 Å². The lowest BCUT2D eigenvalue weighted by Crippen LogP contribution is -2.46. The highest BCUT2D eigenvalue weighted by molar-refractivity contribution is 5.74. The molecule has 1 rings (SSSR count). The summed E-state index contributed by atoms with van der Waals surface area (Å²) in [6.45, 7) is 5.18. The van der Waals surface area contributed by atoms with Gasteiger partial charge in [0.25, 0.3) is 0 Å². The van der Waals surface area contributed by atoms with Crippen LogP contribution >= 0.6 is 0 Å². The number of carboxylic acids is 1. The Bertz CT molecular complexity index is 258. The quantitative estimate of drug-likeness (QED) is 0.764. The van der Waals surface area contributed by atoms with E-state index in [9.17, 15) is 9.59 Å². The number of aliphatic carboxylic acids is 1. The summed E-state index contributed by atoms with van der Waals surface area (Å²) in [6.07, 6.45) is 1.80. The third-order valence-electron chi connectivity index (χ3n) is 2.78. The van der Waals surface area contributed by atoms with Crippen molar-refractivity contribution in [3.8, 4) is 0 Å². The molecule has 0 aliphatic carbocycles. The Kier molecular flexibility index (Phi) is 4.58. The molecule has 0 aromatic carbocycles. The van der Waals surface area contributed by atoms with Crippen molar-refractivity contribution in [3.63, 3.8) is 0 Å². The van der Waals surface area contributed by atoms with E-state index >= 15 is 0 Å². The Morgan fingerprint density at radius 2 is 1.94 bits per heavy atom. The molecule has 5 nitrogen and oxygen atoms in total. The van der Waals surface area contributed by atoms with Crippen LogP contribution in [0.2, 0.25) is 0 Å². The third-order valence-corrected chi connectivity index (χ3v) is 2.78. The second-order valence-electron chi connectivity index (χ2n) is 4.63. The van der Waals surface area contributed by atoms with Crippen molar-refractivity contribution in [2.75, 3.05) is 13.1 Å². The standard InChI is InChI=1S/C11H20N2O3/c1-8(2)12-11(16)13-5-3-9(4-6-13)7-10(14)15/h8-9H,3-7H2,1-2H3,(H,12,16)(H,14,15). The number of piperidine rings is 1. The van der Waals surface area contributed by atoms with Crippen molar-refractivity contribution in [1.29, 1.82) is 0 Å². The predicted molar refractivity (Wildman–Crippen MR) is 60.2 cm³/mol. The van der Waals surface area contributed by atoms with Gasteiger partial charge >= 0.3 is 12.0 Å². The molecule has 2 amide bonds. The number of amides is 2. The lowest BCUT2D eigenvalue weighted by molar-refractivity contribution is -0.138. The fourth-order valence-electron chi connectivity index (χ4n) is 1.93. The third kappa shape index (κ3) is 4.08. The summed E-state index contributed by atoms with van der Waals surface area (Å²) < 4.78 is 0. The van der Waals surface area contributed by atoms with Gasteiger partial charge in [-0.1, -0.05) is 0 Å². The summed E-state index contributed by atoms with van der Waals surface area (Å²) in [6, 6.07) is 0.105. The zero-order valence-electron chi connectivity index (χ0n) is 9.90. The minimum Gasteiger partial charge on any atom is -0.481 e. The molecular formula is C11H20N2O3. The highest BCUT2D eigenvalue weighted by Crippen LogP contribution is 2.20. The van der Waals surface area contributed by atoms with Crippen LogP contribution in [0, 0.1) is 5.92 Å². The van der Waals surface area contributed by atoms with Gasteiger partial charge in [0.1, 0.15) is 0 Å². The van der Waals surface area contributed by atoms with E-state index in [1.54, 1.807) is 4.90 Å². The van der Waals surface area contributed by atoms with E-state index in [0.717, 1.165) is 12.8 Å². The Labute approximate surface area is 95.8 Å². The largest absolute Gasteiger partial charge is 0.481 e. The first-order chi connectivity index (χ1) is 7.49. The normalized spacial score (nSPS) is 17.6. The second-order valence-corrected chi connectivity index (χ2v) is 4.63. The van der Waals surface area contributed by atoms with Gasteiger partial charge in [0.05, 0.1) is 0 Å². The van der Waals surface area contributed by atoms with Crippen LogP contribution in [0.25, 0.3) is 0 Å². The highest BCUT2D eigenvalue weighted by Gasteiger charge is 2.24. The molecule has 1 aliphatic heterocycles. The van der Waals surface area contributed by atoms with Gasteiger partial charge in [0.15, 0.2) is 0 Å². The molecule has 0 aromatic heterocycles. The number of nitrogens with one attached hydrogen (secondary N) is 1. The molecule has 0 aromatic rings. The van der Waals surface area contributed by atoms with Gasteiger partial charge in [-0.15, -0.1) is 0 Å². The maximum atomic E-state index is 11.6. The smallest absolute Gasteiger partial charge is 0.317 e. The van der Waals surface area contributed by atoms with Crippen LogP contribution in [0.15, 0.2) is 0 Å². The topological polar surface area (TPSA) is 69.6 Å². The van der Waals surface area contributed by atoms with Gasteiger partial charge in [0, 0.05) is 25.6 Å². The Morgan fingerprint density at radius 1 is 1.38 bits per heavy atom. The van der Waals surface area contributed by atoms with E-state index < -0.39 is 5.97 Å². The highest BCUT2D eigenvalue weighted by atomic mass is 16.4. The van der Waals surface area contributed by atoms with E-state index in [2.05, 4.69) is 5.32 Å². The van der Waals surface area contributed by atoms with Crippen LogP contribution in [0.1, 0.15) is 33.1 Å².